The maximum atomic E-state index is 12.9. The molecule has 2 atom stereocenters. The Morgan fingerprint density at radius 3 is 2.75 bits per heavy atom. The minimum Gasteiger partial charge on any atom is -0.342 e. The Balaban J connectivity index is 1.72. The summed E-state index contributed by atoms with van der Waals surface area (Å²) >= 11 is 0. The van der Waals surface area contributed by atoms with Crippen molar-refractivity contribution in [2.24, 2.45) is 11.8 Å². The van der Waals surface area contributed by atoms with Crippen LogP contribution in [0.5, 0.6) is 0 Å². The Kier molecular flexibility index (Phi) is 4.92. The zero-order chi connectivity index (χ0) is 17.3. The smallest absolute Gasteiger partial charge is 0.225 e. The van der Waals surface area contributed by atoms with Crippen molar-refractivity contribution in [3.05, 3.63) is 30.1 Å². The molecule has 2 aliphatic heterocycles. The van der Waals surface area contributed by atoms with Gasteiger partial charge in [-0.1, -0.05) is 19.9 Å². The molecule has 2 aliphatic rings. The van der Waals surface area contributed by atoms with E-state index in [1.165, 1.54) is 0 Å². The fraction of sp³-hybridized carbons (Fsp3) is 0.647. The Morgan fingerprint density at radius 1 is 1.33 bits per heavy atom. The van der Waals surface area contributed by atoms with Crippen LogP contribution in [0.2, 0.25) is 0 Å². The summed E-state index contributed by atoms with van der Waals surface area (Å²) in [5, 5.41) is -0.362. The van der Waals surface area contributed by atoms with Gasteiger partial charge < -0.3 is 4.90 Å². The predicted octanol–water partition coefficient (Wildman–Crippen LogP) is 1.49. The number of pyridine rings is 1. The fourth-order valence-corrected chi connectivity index (χ4v) is 5.95. The van der Waals surface area contributed by atoms with Gasteiger partial charge in [-0.05, 0) is 30.4 Å². The first-order valence-electron chi connectivity index (χ1n) is 8.56. The molecule has 2 saturated heterocycles. The Hall–Kier alpha value is -1.47. The number of aromatic nitrogens is 1. The number of hydrogen-bond acceptors (Lipinski definition) is 4. The van der Waals surface area contributed by atoms with Crippen molar-refractivity contribution in [1.29, 1.82) is 0 Å². The van der Waals surface area contributed by atoms with Gasteiger partial charge in [-0.2, -0.15) is 4.31 Å². The number of amides is 1. The SMILES string of the molecule is CC(C)C(=O)N1CC[C@@H]2CN(Cc3cccnc3)S(=O)(=O)[C@@H]2CC1. The molecule has 3 heterocycles. The van der Waals surface area contributed by atoms with Gasteiger partial charge in [0.25, 0.3) is 0 Å². The van der Waals surface area contributed by atoms with Crippen molar-refractivity contribution in [2.45, 2.75) is 38.5 Å². The number of fused-ring (bicyclic) bond motifs is 1. The van der Waals surface area contributed by atoms with Crippen LogP contribution in [0.15, 0.2) is 24.5 Å². The third kappa shape index (κ3) is 3.32. The summed E-state index contributed by atoms with van der Waals surface area (Å²) < 4.78 is 27.4. The first-order valence-corrected chi connectivity index (χ1v) is 10.1. The molecule has 3 rings (SSSR count). The minimum atomic E-state index is -3.31. The molecule has 0 bridgehead atoms. The number of sulfonamides is 1. The van der Waals surface area contributed by atoms with E-state index in [1.54, 1.807) is 16.7 Å². The van der Waals surface area contributed by atoms with Crippen LogP contribution in [0.4, 0.5) is 0 Å². The van der Waals surface area contributed by atoms with Crippen molar-refractivity contribution >= 4 is 15.9 Å². The zero-order valence-electron chi connectivity index (χ0n) is 14.3. The number of carbonyl (C=O) groups excluding carboxylic acids is 1. The molecule has 0 aromatic carbocycles. The largest absolute Gasteiger partial charge is 0.342 e. The van der Waals surface area contributed by atoms with E-state index in [-0.39, 0.29) is 23.0 Å². The van der Waals surface area contributed by atoms with Crippen LogP contribution in [-0.2, 0) is 21.4 Å². The highest BCUT2D eigenvalue weighted by Gasteiger charge is 2.47. The molecule has 1 aromatic heterocycles. The second-order valence-electron chi connectivity index (χ2n) is 7.05. The topological polar surface area (TPSA) is 70.6 Å². The van der Waals surface area contributed by atoms with Gasteiger partial charge in [0.15, 0.2) is 0 Å². The van der Waals surface area contributed by atoms with Gasteiger partial charge in [-0.3, -0.25) is 9.78 Å². The highest BCUT2D eigenvalue weighted by Crippen LogP contribution is 2.35. The van der Waals surface area contributed by atoms with Crippen LogP contribution in [-0.4, -0.2) is 53.4 Å². The van der Waals surface area contributed by atoms with E-state index in [0.717, 1.165) is 12.0 Å². The summed E-state index contributed by atoms with van der Waals surface area (Å²) in [6, 6.07) is 3.73. The minimum absolute atomic E-state index is 0.0402. The molecule has 132 valence electrons. The van der Waals surface area contributed by atoms with E-state index in [9.17, 15) is 13.2 Å². The Bertz CT molecular complexity index is 690. The average Bonchev–Trinajstić information content (AvgIpc) is 2.70. The van der Waals surface area contributed by atoms with Crippen LogP contribution >= 0.6 is 0 Å². The fourth-order valence-electron chi connectivity index (χ4n) is 3.73. The van der Waals surface area contributed by atoms with Crippen molar-refractivity contribution in [2.75, 3.05) is 19.6 Å². The lowest BCUT2D eigenvalue weighted by atomic mass is 10.0. The highest BCUT2D eigenvalue weighted by atomic mass is 32.2. The molecule has 0 radical (unpaired) electrons. The highest BCUT2D eigenvalue weighted by molar-refractivity contribution is 7.90. The summed E-state index contributed by atoms with van der Waals surface area (Å²) in [6.07, 6.45) is 4.69. The molecule has 1 amide bonds. The number of rotatable bonds is 3. The molecule has 0 aliphatic carbocycles. The Morgan fingerprint density at radius 2 is 2.08 bits per heavy atom. The quantitative estimate of drug-likeness (QED) is 0.827. The molecule has 1 aromatic rings. The third-order valence-corrected chi connectivity index (χ3v) is 7.43. The molecule has 7 heteroatoms. The average molecular weight is 351 g/mol. The lowest BCUT2D eigenvalue weighted by molar-refractivity contribution is -0.134. The lowest BCUT2D eigenvalue weighted by Gasteiger charge is -2.23. The first kappa shape index (κ1) is 17.4. The van der Waals surface area contributed by atoms with Gasteiger partial charge in [-0.15, -0.1) is 0 Å². The summed E-state index contributed by atoms with van der Waals surface area (Å²) in [5.41, 5.74) is 0.911. The van der Waals surface area contributed by atoms with Crippen LogP contribution in [0.3, 0.4) is 0 Å². The maximum absolute atomic E-state index is 12.9. The molecule has 24 heavy (non-hydrogen) atoms. The van der Waals surface area contributed by atoms with Crippen molar-refractivity contribution in [3.63, 3.8) is 0 Å². The monoisotopic (exact) mass is 351 g/mol. The summed E-state index contributed by atoms with van der Waals surface area (Å²) in [4.78, 5) is 18.1. The lowest BCUT2D eigenvalue weighted by Crippen LogP contribution is -2.36. The second-order valence-corrected chi connectivity index (χ2v) is 9.21. The van der Waals surface area contributed by atoms with Crippen molar-refractivity contribution in [1.82, 2.24) is 14.2 Å². The summed E-state index contributed by atoms with van der Waals surface area (Å²) in [5.74, 6) is 0.192. The molecule has 0 spiro atoms. The maximum Gasteiger partial charge on any atom is 0.225 e. The van der Waals surface area contributed by atoms with Crippen molar-refractivity contribution < 1.29 is 13.2 Å². The van der Waals surface area contributed by atoms with Gasteiger partial charge >= 0.3 is 0 Å². The van der Waals surface area contributed by atoms with Gasteiger partial charge in [0.05, 0.1) is 5.25 Å². The Labute approximate surface area is 143 Å². The second kappa shape index (κ2) is 6.80. The van der Waals surface area contributed by atoms with E-state index < -0.39 is 10.0 Å². The van der Waals surface area contributed by atoms with Gasteiger partial charge in [0.2, 0.25) is 15.9 Å². The standard InChI is InChI=1S/C17H25N3O3S/c1-13(2)17(21)19-8-5-15-12-20(11-14-4-3-7-18-10-14)24(22,23)16(15)6-9-19/h3-4,7,10,13,15-16H,5-6,8-9,11-12H2,1-2H3/t15-,16-/m1/s1. The number of carbonyl (C=O) groups is 1. The first-order chi connectivity index (χ1) is 11.4. The molecule has 0 N–H and O–H groups in total. The zero-order valence-corrected chi connectivity index (χ0v) is 15.1. The van der Waals surface area contributed by atoms with E-state index in [1.807, 2.05) is 30.9 Å². The van der Waals surface area contributed by atoms with Crippen LogP contribution < -0.4 is 0 Å². The number of nitrogens with zero attached hydrogens (tertiary/aromatic N) is 3. The van der Waals surface area contributed by atoms with Gasteiger partial charge in [-0.25, -0.2) is 8.42 Å². The number of likely N-dealkylation sites (tertiary alicyclic amines) is 1. The van der Waals surface area contributed by atoms with Crippen LogP contribution in [0.25, 0.3) is 0 Å². The van der Waals surface area contributed by atoms with Gasteiger partial charge in [0, 0.05) is 44.5 Å². The van der Waals surface area contributed by atoms with Crippen LogP contribution in [0, 0.1) is 11.8 Å². The molecule has 0 unspecified atom stereocenters. The van der Waals surface area contributed by atoms with E-state index >= 15 is 0 Å². The molecular weight excluding hydrogens is 326 g/mol. The van der Waals surface area contributed by atoms with Crippen molar-refractivity contribution in [3.8, 4) is 0 Å². The molecule has 2 fully saturated rings. The summed E-state index contributed by atoms with van der Waals surface area (Å²) in [7, 11) is -3.31. The third-order valence-electron chi connectivity index (χ3n) is 5.05. The molecular formula is C17H25N3O3S. The van der Waals surface area contributed by atoms with E-state index in [0.29, 0.717) is 32.6 Å². The predicted molar refractivity (Wildman–Crippen MR) is 91.5 cm³/mol. The number of hydrogen-bond donors (Lipinski definition) is 0. The molecule has 6 nitrogen and oxygen atoms in total. The van der Waals surface area contributed by atoms with Gasteiger partial charge in [0.1, 0.15) is 0 Å². The summed E-state index contributed by atoms with van der Waals surface area (Å²) in [6.45, 7) is 5.91. The van der Waals surface area contributed by atoms with E-state index in [2.05, 4.69) is 4.98 Å². The van der Waals surface area contributed by atoms with Crippen LogP contribution in [0.1, 0.15) is 32.3 Å². The normalized spacial score (nSPS) is 27.0. The molecule has 0 saturated carbocycles. The van der Waals surface area contributed by atoms with E-state index in [4.69, 9.17) is 0 Å².